The first-order valence-corrected chi connectivity index (χ1v) is 9.37. The van der Waals surface area contributed by atoms with Crippen molar-refractivity contribution in [2.45, 2.75) is 33.0 Å². The average molecular weight is 424 g/mol. The van der Waals surface area contributed by atoms with Gasteiger partial charge in [0.05, 0.1) is 12.0 Å². The second-order valence-corrected chi connectivity index (χ2v) is 6.57. The maximum Gasteiger partial charge on any atom is 0.416 e. The van der Waals surface area contributed by atoms with Gasteiger partial charge in [0.2, 0.25) is 5.91 Å². The van der Waals surface area contributed by atoms with E-state index in [4.69, 9.17) is 9.84 Å². The van der Waals surface area contributed by atoms with Gasteiger partial charge in [-0.2, -0.15) is 13.2 Å². The van der Waals surface area contributed by atoms with Crippen molar-refractivity contribution >= 4 is 11.9 Å². The molecule has 9 heteroatoms. The van der Waals surface area contributed by atoms with Crippen molar-refractivity contribution in [1.29, 1.82) is 0 Å². The summed E-state index contributed by atoms with van der Waals surface area (Å²) >= 11 is 0. The van der Waals surface area contributed by atoms with E-state index in [1.54, 1.807) is 19.9 Å². The molecule has 0 radical (unpaired) electrons. The maximum atomic E-state index is 13.3. The summed E-state index contributed by atoms with van der Waals surface area (Å²) in [6.45, 7) is 3.90. The fraction of sp³-hybridized carbons (Fsp3) is 0.381. The highest BCUT2D eigenvalue weighted by atomic mass is 19.4. The van der Waals surface area contributed by atoms with Crippen LogP contribution in [0.15, 0.2) is 36.7 Å². The van der Waals surface area contributed by atoms with E-state index in [0.29, 0.717) is 29.8 Å². The molecule has 1 aromatic carbocycles. The van der Waals surface area contributed by atoms with Gasteiger partial charge in [0, 0.05) is 37.7 Å². The van der Waals surface area contributed by atoms with Gasteiger partial charge >= 0.3 is 12.1 Å². The molecular formula is C21H23F3N2O4. The van der Waals surface area contributed by atoms with Gasteiger partial charge in [0.15, 0.2) is 0 Å². The number of carboxylic acid groups (broad SMARTS) is 1. The fourth-order valence-electron chi connectivity index (χ4n) is 2.95. The third-order valence-corrected chi connectivity index (χ3v) is 4.42. The molecule has 30 heavy (non-hydrogen) atoms. The van der Waals surface area contributed by atoms with Crippen molar-refractivity contribution in [3.05, 3.63) is 53.3 Å². The molecule has 0 aliphatic rings. The Morgan fingerprint density at radius 2 is 1.90 bits per heavy atom. The Kier molecular flexibility index (Phi) is 7.93. The molecule has 1 heterocycles. The zero-order valence-electron chi connectivity index (χ0n) is 16.7. The Labute approximate surface area is 172 Å². The number of pyridine rings is 1. The van der Waals surface area contributed by atoms with E-state index in [1.165, 1.54) is 23.4 Å². The third-order valence-electron chi connectivity index (χ3n) is 4.42. The summed E-state index contributed by atoms with van der Waals surface area (Å²) in [6, 6.07) is 4.86. The van der Waals surface area contributed by atoms with Crippen LogP contribution in [0.2, 0.25) is 0 Å². The van der Waals surface area contributed by atoms with Crippen LogP contribution in [0.1, 0.15) is 30.5 Å². The lowest BCUT2D eigenvalue weighted by molar-refractivity contribution is -0.138. The number of likely N-dealkylation sites (N-methyl/N-ethyl adjacent to an activating group) is 1. The molecule has 0 fully saturated rings. The van der Waals surface area contributed by atoms with Gasteiger partial charge < -0.3 is 14.7 Å². The second-order valence-electron chi connectivity index (χ2n) is 6.57. The molecular weight excluding hydrogens is 401 g/mol. The lowest BCUT2D eigenvalue weighted by Crippen LogP contribution is -2.33. The number of carbonyl (C=O) groups excluding carboxylic acids is 1. The number of amides is 1. The van der Waals surface area contributed by atoms with Crippen molar-refractivity contribution in [2.75, 3.05) is 19.8 Å². The third kappa shape index (κ3) is 6.28. The summed E-state index contributed by atoms with van der Waals surface area (Å²) < 4.78 is 45.0. The van der Waals surface area contributed by atoms with Gasteiger partial charge in [-0.1, -0.05) is 6.07 Å². The highest BCUT2D eigenvalue weighted by Gasteiger charge is 2.31. The minimum Gasteiger partial charge on any atom is -0.481 e. The Morgan fingerprint density at radius 3 is 2.50 bits per heavy atom. The summed E-state index contributed by atoms with van der Waals surface area (Å²) in [4.78, 5) is 28.7. The zero-order valence-corrected chi connectivity index (χ0v) is 16.7. The Bertz CT molecular complexity index is 900. The van der Waals surface area contributed by atoms with E-state index in [-0.39, 0.29) is 31.0 Å². The van der Waals surface area contributed by atoms with Crippen molar-refractivity contribution in [3.63, 3.8) is 0 Å². The van der Waals surface area contributed by atoms with E-state index in [9.17, 15) is 22.8 Å². The van der Waals surface area contributed by atoms with Gasteiger partial charge in [-0.15, -0.1) is 0 Å². The standard InChI is InChI=1S/C21H23F3N2O4/c1-3-26(19(27)13-30-4-2)12-16-9-17(21(22,23)24)5-6-18(16)15-7-14(8-20(28)29)10-25-11-15/h5-7,9-11H,3-4,8,12-13H2,1-2H3,(H,28,29). The number of halogens is 3. The number of hydrogen-bond donors (Lipinski definition) is 1. The molecule has 6 nitrogen and oxygen atoms in total. The Hall–Kier alpha value is -2.94. The highest BCUT2D eigenvalue weighted by molar-refractivity contribution is 5.78. The number of benzene rings is 1. The Morgan fingerprint density at radius 1 is 1.17 bits per heavy atom. The maximum absolute atomic E-state index is 13.3. The normalized spacial score (nSPS) is 11.4. The zero-order chi connectivity index (χ0) is 22.3. The topological polar surface area (TPSA) is 79.7 Å². The van der Waals surface area contributed by atoms with Crippen LogP contribution >= 0.6 is 0 Å². The Balaban J connectivity index is 2.48. The van der Waals surface area contributed by atoms with Crippen molar-refractivity contribution in [1.82, 2.24) is 9.88 Å². The van der Waals surface area contributed by atoms with Crippen LogP contribution < -0.4 is 0 Å². The molecule has 0 atom stereocenters. The molecule has 0 spiro atoms. The molecule has 2 aromatic rings. The first-order chi connectivity index (χ1) is 14.2. The van der Waals surface area contributed by atoms with Crippen LogP contribution in [0, 0.1) is 0 Å². The lowest BCUT2D eigenvalue weighted by Gasteiger charge is -2.23. The number of carboxylic acids is 1. The van der Waals surface area contributed by atoms with E-state index >= 15 is 0 Å². The van der Waals surface area contributed by atoms with E-state index in [1.807, 2.05) is 0 Å². The molecule has 2 rings (SSSR count). The van der Waals surface area contributed by atoms with Gasteiger partial charge in [-0.25, -0.2) is 0 Å². The molecule has 0 aliphatic carbocycles. The van der Waals surface area contributed by atoms with Crippen molar-refractivity contribution in [2.24, 2.45) is 0 Å². The molecule has 0 unspecified atom stereocenters. The van der Waals surface area contributed by atoms with E-state index < -0.39 is 17.7 Å². The number of ether oxygens (including phenoxy) is 1. The fourth-order valence-corrected chi connectivity index (χ4v) is 2.95. The summed E-state index contributed by atoms with van der Waals surface area (Å²) in [7, 11) is 0. The predicted molar refractivity (Wildman–Crippen MR) is 104 cm³/mol. The van der Waals surface area contributed by atoms with Gasteiger partial charge in [0.25, 0.3) is 0 Å². The SMILES string of the molecule is CCOCC(=O)N(CC)Cc1cc(C(F)(F)F)ccc1-c1cncc(CC(=O)O)c1. The van der Waals surface area contributed by atoms with Crippen LogP contribution in [-0.2, 0) is 33.5 Å². The quantitative estimate of drug-likeness (QED) is 0.663. The predicted octanol–water partition coefficient (Wildman–Crippen LogP) is 3.78. The first kappa shape index (κ1) is 23.3. The van der Waals surface area contributed by atoms with Crippen molar-refractivity contribution < 1.29 is 32.6 Å². The number of carbonyl (C=O) groups is 2. The van der Waals surface area contributed by atoms with E-state index in [0.717, 1.165) is 12.1 Å². The van der Waals surface area contributed by atoms with Gasteiger partial charge in [0.1, 0.15) is 6.61 Å². The second kappa shape index (κ2) is 10.2. The first-order valence-electron chi connectivity index (χ1n) is 9.37. The number of nitrogens with zero attached hydrogens (tertiary/aromatic N) is 2. The monoisotopic (exact) mass is 424 g/mol. The van der Waals surface area contributed by atoms with Crippen LogP contribution in [0.3, 0.4) is 0 Å². The molecule has 0 saturated heterocycles. The number of hydrogen-bond acceptors (Lipinski definition) is 4. The molecule has 162 valence electrons. The van der Waals surface area contributed by atoms with Crippen LogP contribution in [-0.4, -0.2) is 46.6 Å². The molecule has 0 bridgehead atoms. The summed E-state index contributed by atoms with van der Waals surface area (Å²) in [5.74, 6) is -1.37. The summed E-state index contributed by atoms with van der Waals surface area (Å²) in [5.41, 5.74) is 0.803. The van der Waals surface area contributed by atoms with Gasteiger partial charge in [-0.3, -0.25) is 14.6 Å². The smallest absolute Gasteiger partial charge is 0.416 e. The summed E-state index contributed by atoms with van der Waals surface area (Å²) in [6.07, 6.45) is -1.95. The minimum absolute atomic E-state index is 0.0508. The number of aromatic nitrogens is 1. The summed E-state index contributed by atoms with van der Waals surface area (Å²) in [5, 5.41) is 8.98. The lowest BCUT2D eigenvalue weighted by atomic mass is 9.96. The van der Waals surface area contributed by atoms with E-state index in [2.05, 4.69) is 4.98 Å². The molecule has 1 amide bonds. The number of alkyl halides is 3. The van der Waals surface area contributed by atoms with Crippen LogP contribution in [0.4, 0.5) is 13.2 Å². The van der Waals surface area contributed by atoms with Gasteiger partial charge in [-0.05, 0) is 48.7 Å². The molecule has 0 saturated carbocycles. The van der Waals surface area contributed by atoms with Crippen LogP contribution in [0.5, 0.6) is 0 Å². The number of rotatable bonds is 9. The molecule has 0 aliphatic heterocycles. The molecule has 1 aromatic heterocycles. The van der Waals surface area contributed by atoms with Crippen LogP contribution in [0.25, 0.3) is 11.1 Å². The average Bonchev–Trinajstić information content (AvgIpc) is 2.69. The minimum atomic E-state index is -4.54. The molecule has 1 N–H and O–H groups in total. The highest BCUT2D eigenvalue weighted by Crippen LogP contribution is 2.34. The number of aliphatic carboxylic acids is 1. The van der Waals surface area contributed by atoms with Crippen molar-refractivity contribution in [3.8, 4) is 11.1 Å². The largest absolute Gasteiger partial charge is 0.481 e.